The van der Waals surface area contributed by atoms with Gasteiger partial charge in [-0.1, -0.05) is 0 Å². The van der Waals surface area contributed by atoms with Gasteiger partial charge in [-0.3, -0.25) is 4.99 Å². The van der Waals surface area contributed by atoms with Gasteiger partial charge >= 0.3 is 0 Å². The number of hydrogen-bond donors (Lipinski definition) is 1. The number of oxazole rings is 1. The fraction of sp³-hybridized carbons (Fsp3) is 0.333. The summed E-state index contributed by atoms with van der Waals surface area (Å²) >= 11 is 0. The summed E-state index contributed by atoms with van der Waals surface area (Å²) in [6.07, 6.45) is 2.35. The van der Waals surface area contributed by atoms with Gasteiger partial charge in [-0.05, 0) is 48.5 Å². The van der Waals surface area contributed by atoms with Crippen LogP contribution in [0.1, 0.15) is 5.69 Å². The monoisotopic (exact) mass is 565 g/mol. The van der Waals surface area contributed by atoms with Crippen molar-refractivity contribution >= 4 is 35.6 Å². The van der Waals surface area contributed by atoms with Crippen LogP contribution >= 0.6 is 24.0 Å². The molecule has 0 atom stereocenters. The first-order valence-electron chi connectivity index (χ1n) is 10.7. The Morgan fingerprint density at radius 1 is 1.09 bits per heavy atom. The first-order valence-corrected chi connectivity index (χ1v) is 10.7. The van der Waals surface area contributed by atoms with Gasteiger partial charge in [0.25, 0.3) is 0 Å². The summed E-state index contributed by atoms with van der Waals surface area (Å²) in [4.78, 5) is 13.6. The second kappa shape index (κ2) is 11.9. The second-order valence-corrected chi connectivity index (χ2v) is 7.55. The molecule has 1 N–H and O–H groups in total. The quantitative estimate of drug-likeness (QED) is 0.277. The zero-order valence-electron chi connectivity index (χ0n) is 18.8. The highest BCUT2D eigenvalue weighted by molar-refractivity contribution is 14.0. The lowest BCUT2D eigenvalue weighted by molar-refractivity contribution is 0.372. The maximum atomic E-state index is 13.1. The molecule has 2 heterocycles. The maximum absolute atomic E-state index is 13.1. The second-order valence-electron chi connectivity index (χ2n) is 7.55. The Hall–Kier alpha value is -2.82. The number of anilines is 1. The van der Waals surface area contributed by atoms with Crippen LogP contribution in [0.4, 0.5) is 10.1 Å². The van der Waals surface area contributed by atoms with Crippen molar-refractivity contribution in [1.82, 2.24) is 15.2 Å². The molecule has 0 aliphatic carbocycles. The van der Waals surface area contributed by atoms with Gasteiger partial charge < -0.3 is 24.3 Å². The first-order chi connectivity index (χ1) is 15.7. The van der Waals surface area contributed by atoms with E-state index < -0.39 is 0 Å². The molecule has 176 valence electrons. The van der Waals surface area contributed by atoms with Crippen molar-refractivity contribution in [2.75, 3.05) is 51.8 Å². The zero-order valence-corrected chi connectivity index (χ0v) is 21.2. The van der Waals surface area contributed by atoms with Gasteiger partial charge in [0.1, 0.15) is 17.8 Å². The lowest BCUT2D eigenvalue weighted by atomic mass is 10.2. The highest BCUT2D eigenvalue weighted by Crippen LogP contribution is 2.21. The molecule has 9 heteroatoms. The molecule has 0 radical (unpaired) electrons. The van der Waals surface area contributed by atoms with Gasteiger partial charge in [-0.2, -0.15) is 0 Å². The van der Waals surface area contributed by atoms with Crippen molar-refractivity contribution in [3.63, 3.8) is 0 Å². The third kappa shape index (κ3) is 6.37. The van der Waals surface area contributed by atoms with Crippen molar-refractivity contribution in [2.24, 2.45) is 4.99 Å². The van der Waals surface area contributed by atoms with Crippen LogP contribution in [-0.2, 0) is 6.42 Å². The number of aromatic nitrogens is 1. The van der Waals surface area contributed by atoms with E-state index in [1.807, 2.05) is 12.1 Å². The van der Waals surface area contributed by atoms with E-state index >= 15 is 0 Å². The normalized spacial score (nSPS) is 14.1. The lowest BCUT2D eigenvalue weighted by Crippen LogP contribution is -2.52. The Balaban J connectivity index is 0.00000306. The van der Waals surface area contributed by atoms with Gasteiger partial charge in [0, 0.05) is 57.4 Å². The first kappa shape index (κ1) is 24.8. The third-order valence-corrected chi connectivity index (χ3v) is 5.54. The number of nitrogens with one attached hydrogen (secondary N) is 1. The molecule has 0 amide bonds. The van der Waals surface area contributed by atoms with E-state index in [-0.39, 0.29) is 29.8 Å². The minimum Gasteiger partial charge on any atom is -0.497 e. The number of ether oxygens (including phenoxy) is 1. The number of hydrogen-bond acceptors (Lipinski definition) is 5. The standard InChI is InChI=1S/C24H28FN5O2.HI/c1-26-24(30-15-13-29(14-16-30)21-7-9-22(31-2)10-8-21)27-12-11-20-17-32-23(28-20)18-3-5-19(25)6-4-18;/h3-10,17H,11-16H2,1-2H3,(H,26,27);1H. The molecule has 0 bridgehead atoms. The van der Waals surface area contributed by atoms with Crippen LogP contribution in [0.5, 0.6) is 5.75 Å². The van der Waals surface area contributed by atoms with Gasteiger partial charge in [0.15, 0.2) is 5.96 Å². The molecule has 1 aromatic heterocycles. The van der Waals surface area contributed by atoms with Crippen LogP contribution in [-0.4, -0.2) is 62.7 Å². The summed E-state index contributed by atoms with van der Waals surface area (Å²) in [6, 6.07) is 14.3. The molecule has 0 spiro atoms. The molecular formula is C24H29FIN5O2. The number of piperazine rings is 1. The predicted octanol–water partition coefficient (Wildman–Crippen LogP) is 4.05. The highest BCUT2D eigenvalue weighted by atomic mass is 127. The van der Waals surface area contributed by atoms with Crippen molar-refractivity contribution in [3.8, 4) is 17.2 Å². The number of aliphatic imine (C=N–C) groups is 1. The SMILES string of the molecule is CN=C(NCCc1coc(-c2ccc(F)cc2)n1)N1CCN(c2ccc(OC)cc2)CC1.I. The number of nitrogens with zero attached hydrogens (tertiary/aromatic N) is 4. The Kier molecular flexibility index (Phi) is 8.93. The molecule has 33 heavy (non-hydrogen) atoms. The molecule has 1 aliphatic heterocycles. The maximum Gasteiger partial charge on any atom is 0.226 e. The molecule has 7 nitrogen and oxygen atoms in total. The highest BCUT2D eigenvalue weighted by Gasteiger charge is 2.20. The minimum absolute atomic E-state index is 0. The summed E-state index contributed by atoms with van der Waals surface area (Å²) in [7, 11) is 3.49. The summed E-state index contributed by atoms with van der Waals surface area (Å²) in [5.74, 6) is 1.98. The van der Waals surface area contributed by atoms with Crippen LogP contribution in [0.15, 0.2) is 64.2 Å². The topological polar surface area (TPSA) is 66.1 Å². The van der Waals surface area contributed by atoms with Crippen LogP contribution in [0.2, 0.25) is 0 Å². The summed E-state index contributed by atoms with van der Waals surface area (Å²) in [5.41, 5.74) is 2.81. The predicted molar refractivity (Wildman–Crippen MR) is 139 cm³/mol. The van der Waals surface area contributed by atoms with Crippen molar-refractivity contribution in [2.45, 2.75) is 6.42 Å². The fourth-order valence-corrected chi connectivity index (χ4v) is 3.75. The van der Waals surface area contributed by atoms with Gasteiger partial charge in [0.05, 0.1) is 12.8 Å². The number of guanidine groups is 1. The minimum atomic E-state index is -0.277. The zero-order chi connectivity index (χ0) is 22.3. The molecule has 0 unspecified atom stereocenters. The van der Waals surface area contributed by atoms with Crippen LogP contribution in [0.25, 0.3) is 11.5 Å². The summed E-state index contributed by atoms with van der Waals surface area (Å²) in [6.45, 7) is 4.34. The molecular weight excluding hydrogens is 536 g/mol. The van der Waals surface area contributed by atoms with E-state index in [4.69, 9.17) is 9.15 Å². The largest absolute Gasteiger partial charge is 0.497 e. The lowest BCUT2D eigenvalue weighted by Gasteiger charge is -2.37. The molecule has 1 saturated heterocycles. The van der Waals surface area contributed by atoms with E-state index in [0.29, 0.717) is 18.9 Å². The van der Waals surface area contributed by atoms with Crippen LogP contribution in [0, 0.1) is 5.82 Å². The molecule has 1 aliphatic rings. The van der Waals surface area contributed by atoms with Crippen LogP contribution < -0.4 is 15.0 Å². The smallest absolute Gasteiger partial charge is 0.226 e. The average molecular weight is 565 g/mol. The Bertz CT molecular complexity index is 1030. The summed E-state index contributed by atoms with van der Waals surface area (Å²) < 4.78 is 23.9. The fourth-order valence-electron chi connectivity index (χ4n) is 3.75. The molecule has 3 aromatic rings. The van der Waals surface area contributed by atoms with E-state index in [9.17, 15) is 4.39 Å². The third-order valence-electron chi connectivity index (χ3n) is 5.54. The van der Waals surface area contributed by atoms with Gasteiger partial charge in [-0.25, -0.2) is 9.37 Å². The number of benzene rings is 2. The van der Waals surface area contributed by atoms with E-state index in [0.717, 1.165) is 49.1 Å². The Morgan fingerprint density at radius 3 is 2.42 bits per heavy atom. The van der Waals surface area contributed by atoms with E-state index in [1.54, 1.807) is 32.6 Å². The molecule has 0 saturated carbocycles. The average Bonchev–Trinajstić information content (AvgIpc) is 3.31. The molecule has 2 aromatic carbocycles. The number of methoxy groups -OCH3 is 1. The van der Waals surface area contributed by atoms with E-state index in [1.165, 1.54) is 17.8 Å². The van der Waals surface area contributed by atoms with Crippen molar-refractivity contribution < 1.29 is 13.5 Å². The van der Waals surface area contributed by atoms with Crippen molar-refractivity contribution in [3.05, 3.63) is 66.3 Å². The molecule has 4 rings (SSSR count). The van der Waals surface area contributed by atoms with E-state index in [2.05, 4.69) is 37.2 Å². The molecule has 1 fully saturated rings. The van der Waals surface area contributed by atoms with Crippen LogP contribution in [0.3, 0.4) is 0 Å². The van der Waals surface area contributed by atoms with Gasteiger partial charge in [0.2, 0.25) is 5.89 Å². The summed E-state index contributed by atoms with van der Waals surface area (Å²) in [5, 5.41) is 3.42. The number of halogens is 2. The van der Waals surface area contributed by atoms with Crippen molar-refractivity contribution in [1.29, 1.82) is 0 Å². The van der Waals surface area contributed by atoms with Gasteiger partial charge in [-0.15, -0.1) is 24.0 Å². The Morgan fingerprint density at radius 2 is 1.79 bits per heavy atom. The number of rotatable bonds is 6. The Labute approximate surface area is 210 Å².